The lowest BCUT2D eigenvalue weighted by molar-refractivity contribution is -0.134. The van der Waals surface area contributed by atoms with E-state index in [4.69, 9.17) is 9.47 Å². The van der Waals surface area contributed by atoms with Gasteiger partial charge in [-0.15, -0.1) is 11.8 Å². The first-order valence-electron chi connectivity index (χ1n) is 15.4. The molecule has 9 nitrogen and oxygen atoms in total. The van der Waals surface area contributed by atoms with Gasteiger partial charge >= 0.3 is 4.87 Å². The molecule has 4 fully saturated rings. The van der Waals surface area contributed by atoms with E-state index in [2.05, 4.69) is 4.98 Å². The summed E-state index contributed by atoms with van der Waals surface area (Å²) in [5.74, 6) is 0.109. The number of methoxy groups -OCH3 is 1. The number of carbonyl (C=O) groups excluding carboxylic acids is 3. The van der Waals surface area contributed by atoms with Gasteiger partial charge in [-0.3, -0.25) is 24.1 Å². The third kappa shape index (κ3) is 4.26. The van der Waals surface area contributed by atoms with Crippen LogP contribution in [-0.2, 0) is 14.4 Å². The highest BCUT2D eigenvalue weighted by Gasteiger charge is 2.69. The number of piperidine rings is 1. The van der Waals surface area contributed by atoms with E-state index >= 15 is 0 Å². The maximum Gasteiger partial charge on any atom is 0.305 e. The third-order valence-electron chi connectivity index (χ3n) is 10.3. The van der Waals surface area contributed by atoms with Crippen LogP contribution in [0.3, 0.4) is 0 Å². The number of ether oxygens (including phenoxy) is 2. The lowest BCUT2D eigenvalue weighted by Crippen LogP contribution is -2.42. The number of nitrogens with zero attached hydrogens (tertiary/aromatic N) is 2. The van der Waals surface area contributed by atoms with Gasteiger partial charge in [-0.2, -0.15) is 0 Å². The summed E-state index contributed by atoms with van der Waals surface area (Å²) in [5.41, 5.74) is 1.61. The minimum atomic E-state index is -0.362. The molecule has 3 amide bonds. The molecule has 4 unspecified atom stereocenters. The van der Waals surface area contributed by atoms with Crippen molar-refractivity contribution in [3.8, 4) is 11.5 Å². The fourth-order valence-electron chi connectivity index (χ4n) is 8.59. The predicted octanol–water partition coefficient (Wildman–Crippen LogP) is 4.51. The maximum absolute atomic E-state index is 13.9. The van der Waals surface area contributed by atoms with E-state index < -0.39 is 0 Å². The van der Waals surface area contributed by atoms with Gasteiger partial charge in [0.25, 0.3) is 5.91 Å². The fraction of sp³-hybridized carbons (Fsp3) is 0.455. The zero-order chi connectivity index (χ0) is 30.1. The molecule has 8 rings (SSSR count). The van der Waals surface area contributed by atoms with E-state index in [1.165, 1.54) is 16.2 Å². The summed E-state index contributed by atoms with van der Waals surface area (Å²) in [6.45, 7) is 1.48. The molecule has 2 aromatic carbocycles. The molecule has 2 saturated heterocycles. The number of aromatic amines is 1. The molecule has 2 bridgehead atoms. The Morgan fingerprint density at radius 2 is 1.70 bits per heavy atom. The average molecular weight is 632 g/mol. The number of imide groups is 1. The van der Waals surface area contributed by atoms with E-state index in [1.807, 2.05) is 53.4 Å². The van der Waals surface area contributed by atoms with E-state index in [0.29, 0.717) is 17.2 Å². The molecule has 7 atom stereocenters. The van der Waals surface area contributed by atoms with Gasteiger partial charge < -0.3 is 19.4 Å². The number of thioether (sulfide) groups is 1. The van der Waals surface area contributed by atoms with Gasteiger partial charge in [0.05, 0.1) is 29.7 Å². The SMILES string of the molecule is COc1cc([C@H]2c3sc(=O)[nH]c3SC3C2[C@H]2C[C@@H]3C3C(=O)N(c4ccccc4)C(=O)C32)ccc1OCC(=O)N1CCCCC1. The molecular formula is C33H33N3O6S2. The van der Waals surface area contributed by atoms with Crippen molar-refractivity contribution in [2.75, 3.05) is 31.7 Å². The predicted molar refractivity (Wildman–Crippen MR) is 166 cm³/mol. The third-order valence-corrected chi connectivity index (χ3v) is 12.9. The second-order valence-corrected chi connectivity index (χ2v) is 14.7. The number of carbonyl (C=O) groups is 3. The number of amides is 3. The Kier molecular flexibility index (Phi) is 6.86. The molecule has 0 radical (unpaired) electrons. The van der Waals surface area contributed by atoms with Crippen molar-refractivity contribution < 1.29 is 23.9 Å². The number of H-pyrrole nitrogens is 1. The van der Waals surface area contributed by atoms with E-state index in [0.717, 1.165) is 54.2 Å². The first-order chi connectivity index (χ1) is 21.4. The number of nitrogens with one attached hydrogen (secondary N) is 1. The van der Waals surface area contributed by atoms with Crippen LogP contribution in [0.25, 0.3) is 0 Å². The Hall–Kier alpha value is -3.57. The number of aromatic nitrogens is 1. The van der Waals surface area contributed by atoms with Crippen LogP contribution >= 0.6 is 23.1 Å². The van der Waals surface area contributed by atoms with Crippen molar-refractivity contribution in [2.24, 2.45) is 29.6 Å². The van der Waals surface area contributed by atoms with Crippen LogP contribution < -0.4 is 19.2 Å². The van der Waals surface area contributed by atoms with Crippen LogP contribution in [0.15, 0.2) is 58.4 Å². The highest BCUT2D eigenvalue weighted by molar-refractivity contribution is 8.00. The summed E-state index contributed by atoms with van der Waals surface area (Å²) in [6, 6.07) is 15.0. The Bertz CT molecular complexity index is 1700. The molecule has 44 heavy (non-hydrogen) atoms. The van der Waals surface area contributed by atoms with Gasteiger partial charge in [0.1, 0.15) is 0 Å². The molecule has 228 valence electrons. The lowest BCUT2D eigenvalue weighted by Gasteiger charge is -2.43. The molecular weight excluding hydrogens is 599 g/mol. The number of hydrogen-bond donors (Lipinski definition) is 1. The number of hydrogen-bond acceptors (Lipinski definition) is 8. The molecule has 2 saturated carbocycles. The highest BCUT2D eigenvalue weighted by Crippen LogP contribution is 2.68. The van der Waals surface area contributed by atoms with Gasteiger partial charge in [0, 0.05) is 29.1 Å². The van der Waals surface area contributed by atoms with Crippen LogP contribution in [-0.4, -0.2) is 59.7 Å². The summed E-state index contributed by atoms with van der Waals surface area (Å²) in [6.07, 6.45) is 4.01. The van der Waals surface area contributed by atoms with Crippen molar-refractivity contribution in [3.05, 3.63) is 68.6 Å². The highest BCUT2D eigenvalue weighted by atomic mass is 32.2. The fourth-order valence-corrected chi connectivity index (χ4v) is 11.5. The largest absolute Gasteiger partial charge is 0.493 e. The van der Waals surface area contributed by atoms with Crippen molar-refractivity contribution in [3.63, 3.8) is 0 Å². The molecule has 11 heteroatoms. The van der Waals surface area contributed by atoms with Gasteiger partial charge in [0.15, 0.2) is 18.1 Å². The van der Waals surface area contributed by atoms with Crippen molar-refractivity contribution >= 4 is 46.5 Å². The van der Waals surface area contributed by atoms with Crippen LogP contribution in [0.5, 0.6) is 11.5 Å². The quantitative estimate of drug-likeness (QED) is 0.399. The van der Waals surface area contributed by atoms with Gasteiger partial charge in [0.2, 0.25) is 11.8 Å². The second-order valence-electron chi connectivity index (χ2n) is 12.4. The Labute approximate surface area is 262 Å². The molecule has 3 aromatic rings. The summed E-state index contributed by atoms with van der Waals surface area (Å²) >= 11 is 2.90. The molecule has 0 spiro atoms. The molecule has 1 aromatic heterocycles. The number of rotatable bonds is 6. The van der Waals surface area contributed by atoms with Gasteiger partial charge in [-0.05, 0) is 73.3 Å². The zero-order valence-electron chi connectivity index (χ0n) is 24.3. The Balaban J connectivity index is 1.12. The molecule has 1 N–H and O–H groups in total. The minimum Gasteiger partial charge on any atom is -0.493 e. The monoisotopic (exact) mass is 631 g/mol. The number of likely N-dealkylation sites (tertiary alicyclic amines) is 1. The lowest BCUT2D eigenvalue weighted by atomic mass is 9.68. The first kappa shape index (κ1) is 27.9. The van der Waals surface area contributed by atoms with Crippen molar-refractivity contribution in [2.45, 2.75) is 41.9 Å². The van der Waals surface area contributed by atoms with Gasteiger partial charge in [-0.1, -0.05) is 35.6 Å². The van der Waals surface area contributed by atoms with E-state index in [9.17, 15) is 19.2 Å². The standard InChI is InChI=1S/C33H33N3O6S2/c1-41-22-14-17(10-11-21(22)42-16-23(37)35-12-6-3-7-13-35)24-25-19-15-20(28(25)43-30-29(24)44-33(40)34-30)27-26(19)31(38)36(32(27)39)18-8-4-2-5-9-18/h2,4-5,8-11,14,19-20,24-28H,3,6-7,12-13,15-16H2,1H3,(H,34,40)/t19-,20-,24-,25?,26?,27?,28?/m1/s1. The van der Waals surface area contributed by atoms with Crippen LogP contribution in [0.1, 0.15) is 42.0 Å². The minimum absolute atomic E-state index is 0.0205. The van der Waals surface area contributed by atoms with E-state index in [1.54, 1.807) is 18.9 Å². The van der Waals surface area contributed by atoms with Crippen LogP contribution in [0.2, 0.25) is 0 Å². The molecule has 4 heterocycles. The maximum atomic E-state index is 13.9. The number of benzene rings is 2. The van der Waals surface area contributed by atoms with E-state index in [-0.39, 0.29) is 70.0 Å². The first-order valence-corrected chi connectivity index (χ1v) is 17.0. The average Bonchev–Trinajstić information content (AvgIpc) is 3.79. The molecule has 2 aliphatic carbocycles. The summed E-state index contributed by atoms with van der Waals surface area (Å²) in [5, 5.41) is 0.957. The van der Waals surface area contributed by atoms with Crippen molar-refractivity contribution in [1.82, 2.24) is 9.88 Å². The topological polar surface area (TPSA) is 109 Å². The number of fused-ring (bicyclic) bond motifs is 9. The molecule has 3 aliphatic heterocycles. The van der Waals surface area contributed by atoms with Crippen LogP contribution in [0.4, 0.5) is 5.69 Å². The summed E-state index contributed by atoms with van der Waals surface area (Å²) < 4.78 is 11.7. The smallest absolute Gasteiger partial charge is 0.305 e. The number of thiazole rings is 1. The molecule has 5 aliphatic rings. The normalized spacial score (nSPS) is 30.2. The Morgan fingerprint density at radius 1 is 0.955 bits per heavy atom. The van der Waals surface area contributed by atoms with Crippen LogP contribution in [0, 0.1) is 29.6 Å². The second kappa shape index (κ2) is 10.8. The van der Waals surface area contributed by atoms with Gasteiger partial charge in [-0.25, -0.2) is 0 Å². The Morgan fingerprint density at radius 3 is 2.45 bits per heavy atom. The summed E-state index contributed by atoms with van der Waals surface area (Å²) in [4.78, 5) is 60.3. The zero-order valence-corrected chi connectivity index (χ0v) is 25.9. The number of para-hydroxylation sites is 1. The number of anilines is 1. The van der Waals surface area contributed by atoms with Crippen molar-refractivity contribution in [1.29, 1.82) is 0 Å². The summed E-state index contributed by atoms with van der Waals surface area (Å²) in [7, 11) is 1.58.